The molecule has 3 aromatic carbocycles. The van der Waals surface area contributed by atoms with E-state index in [1.165, 1.54) is 0 Å². The van der Waals surface area contributed by atoms with Crippen molar-refractivity contribution in [1.29, 1.82) is 0 Å². The Morgan fingerprint density at radius 3 is 2.50 bits per heavy atom. The molecular weight excluding hydrogens is 452 g/mol. The van der Waals surface area contributed by atoms with Gasteiger partial charge >= 0.3 is 0 Å². The number of benzene rings is 3. The molecule has 0 aliphatic carbocycles. The van der Waals surface area contributed by atoms with E-state index in [-0.39, 0.29) is 5.91 Å². The molecule has 0 unspecified atom stereocenters. The number of aryl methyl sites for hydroxylation is 1. The normalized spacial score (nSPS) is 10.5. The molecule has 0 atom stereocenters. The van der Waals surface area contributed by atoms with Gasteiger partial charge in [-0.2, -0.15) is 0 Å². The number of carbonyl (C=O) groups excluding carboxylic acids is 1. The number of hydrogen-bond donors (Lipinski definition) is 2. The van der Waals surface area contributed by atoms with E-state index in [1.54, 1.807) is 24.4 Å². The maximum absolute atomic E-state index is 12.9. The highest BCUT2D eigenvalue weighted by molar-refractivity contribution is 5.95. The van der Waals surface area contributed by atoms with E-state index in [0.717, 1.165) is 22.4 Å². The second-order valence-corrected chi connectivity index (χ2v) is 8.17. The SMILES string of the molecule is CCOc1ccc(CNC(=O)c2cccc(Nc3ccnc(-c4cccc(C)c4)n3)c2)cc1OCC. The highest BCUT2D eigenvalue weighted by atomic mass is 16.5. The maximum Gasteiger partial charge on any atom is 0.251 e. The maximum atomic E-state index is 12.9. The third-order valence-electron chi connectivity index (χ3n) is 5.39. The van der Waals surface area contributed by atoms with Crippen LogP contribution in [0.3, 0.4) is 0 Å². The molecule has 7 nitrogen and oxygen atoms in total. The lowest BCUT2D eigenvalue weighted by Crippen LogP contribution is -2.22. The minimum Gasteiger partial charge on any atom is -0.490 e. The van der Waals surface area contributed by atoms with E-state index >= 15 is 0 Å². The smallest absolute Gasteiger partial charge is 0.251 e. The third kappa shape index (κ3) is 6.39. The average Bonchev–Trinajstić information content (AvgIpc) is 2.89. The van der Waals surface area contributed by atoms with Gasteiger partial charge in [0, 0.05) is 29.6 Å². The van der Waals surface area contributed by atoms with Crippen LogP contribution in [0.5, 0.6) is 11.5 Å². The van der Waals surface area contributed by atoms with Gasteiger partial charge in [-0.05, 0) is 68.8 Å². The summed E-state index contributed by atoms with van der Waals surface area (Å²) in [5, 5.41) is 6.25. The minimum atomic E-state index is -0.173. The molecule has 0 bridgehead atoms. The first-order valence-electron chi connectivity index (χ1n) is 12.0. The molecule has 36 heavy (non-hydrogen) atoms. The van der Waals surface area contributed by atoms with E-state index in [0.29, 0.717) is 48.5 Å². The Morgan fingerprint density at radius 2 is 1.69 bits per heavy atom. The number of amides is 1. The van der Waals surface area contributed by atoms with Crippen LogP contribution < -0.4 is 20.1 Å². The van der Waals surface area contributed by atoms with Crippen molar-refractivity contribution in [3.8, 4) is 22.9 Å². The topological polar surface area (TPSA) is 85.4 Å². The fourth-order valence-corrected chi connectivity index (χ4v) is 3.73. The number of rotatable bonds is 10. The van der Waals surface area contributed by atoms with Crippen molar-refractivity contribution in [3.05, 3.63) is 95.7 Å². The summed E-state index contributed by atoms with van der Waals surface area (Å²) in [6.45, 7) is 7.36. The Labute approximate surface area is 211 Å². The molecule has 1 heterocycles. The van der Waals surface area contributed by atoms with Crippen LogP contribution in [0.2, 0.25) is 0 Å². The zero-order valence-electron chi connectivity index (χ0n) is 20.7. The summed E-state index contributed by atoms with van der Waals surface area (Å²) in [6.07, 6.45) is 1.72. The number of aromatic nitrogens is 2. The lowest BCUT2D eigenvalue weighted by atomic mass is 10.1. The van der Waals surface area contributed by atoms with Gasteiger partial charge in [0.05, 0.1) is 13.2 Å². The first-order chi connectivity index (χ1) is 17.6. The molecule has 0 saturated heterocycles. The van der Waals surface area contributed by atoms with Crippen molar-refractivity contribution in [2.45, 2.75) is 27.3 Å². The van der Waals surface area contributed by atoms with Gasteiger partial charge in [-0.25, -0.2) is 9.97 Å². The van der Waals surface area contributed by atoms with Gasteiger partial charge in [0.15, 0.2) is 17.3 Å². The first-order valence-corrected chi connectivity index (χ1v) is 12.0. The minimum absolute atomic E-state index is 0.173. The van der Waals surface area contributed by atoms with Gasteiger partial charge in [-0.15, -0.1) is 0 Å². The van der Waals surface area contributed by atoms with Crippen molar-refractivity contribution >= 4 is 17.4 Å². The van der Waals surface area contributed by atoms with Gasteiger partial charge in [0.25, 0.3) is 5.91 Å². The van der Waals surface area contributed by atoms with E-state index in [9.17, 15) is 4.79 Å². The predicted octanol–water partition coefficient (Wildman–Crippen LogP) is 5.92. The monoisotopic (exact) mass is 482 g/mol. The second-order valence-electron chi connectivity index (χ2n) is 8.17. The molecule has 184 valence electrons. The Kier molecular flexibility index (Phi) is 8.13. The Bertz CT molecular complexity index is 1340. The summed E-state index contributed by atoms with van der Waals surface area (Å²) in [5.41, 5.74) is 4.33. The molecule has 2 N–H and O–H groups in total. The summed E-state index contributed by atoms with van der Waals surface area (Å²) in [5.74, 6) is 2.49. The summed E-state index contributed by atoms with van der Waals surface area (Å²) < 4.78 is 11.3. The standard InChI is InChI=1S/C29H30N4O3/c1-4-35-25-13-12-21(17-26(25)36-5-2)19-31-29(34)23-10-7-11-24(18-23)32-27-14-15-30-28(33-27)22-9-6-8-20(3)16-22/h6-18H,4-5,19H2,1-3H3,(H,31,34)(H,30,32,33). The molecule has 0 saturated carbocycles. The molecule has 4 aromatic rings. The van der Waals surface area contributed by atoms with E-state index in [1.807, 2.05) is 75.4 Å². The molecular formula is C29H30N4O3. The number of hydrogen-bond acceptors (Lipinski definition) is 6. The molecule has 1 aromatic heterocycles. The van der Waals surface area contributed by atoms with E-state index < -0.39 is 0 Å². The van der Waals surface area contributed by atoms with Crippen LogP contribution in [0, 0.1) is 6.92 Å². The first kappa shape index (κ1) is 24.7. The Balaban J connectivity index is 1.43. The molecule has 0 aliphatic heterocycles. The highest BCUT2D eigenvalue weighted by Crippen LogP contribution is 2.28. The third-order valence-corrected chi connectivity index (χ3v) is 5.39. The van der Waals surface area contributed by atoms with Crippen LogP contribution in [0.1, 0.15) is 35.3 Å². The van der Waals surface area contributed by atoms with Crippen LogP contribution in [0.15, 0.2) is 79.0 Å². The second kappa shape index (κ2) is 11.8. The molecule has 0 fully saturated rings. The van der Waals surface area contributed by atoms with Crippen LogP contribution in [0.4, 0.5) is 11.5 Å². The fraction of sp³-hybridized carbons (Fsp3) is 0.207. The molecule has 1 amide bonds. The van der Waals surface area contributed by atoms with Crippen LogP contribution >= 0.6 is 0 Å². The number of ether oxygens (including phenoxy) is 2. The number of anilines is 2. The van der Waals surface area contributed by atoms with Crippen molar-refractivity contribution in [3.63, 3.8) is 0 Å². The van der Waals surface area contributed by atoms with Gasteiger partial charge < -0.3 is 20.1 Å². The number of nitrogens with one attached hydrogen (secondary N) is 2. The zero-order chi connectivity index (χ0) is 25.3. The van der Waals surface area contributed by atoms with Crippen molar-refractivity contribution < 1.29 is 14.3 Å². The quantitative estimate of drug-likeness (QED) is 0.292. The van der Waals surface area contributed by atoms with E-state index in [4.69, 9.17) is 9.47 Å². The zero-order valence-corrected chi connectivity index (χ0v) is 20.7. The largest absolute Gasteiger partial charge is 0.490 e. The van der Waals surface area contributed by atoms with Gasteiger partial charge in [0.1, 0.15) is 5.82 Å². The van der Waals surface area contributed by atoms with Crippen molar-refractivity contribution in [2.75, 3.05) is 18.5 Å². The van der Waals surface area contributed by atoms with Gasteiger partial charge in [0.2, 0.25) is 0 Å². The van der Waals surface area contributed by atoms with Crippen LogP contribution in [0.25, 0.3) is 11.4 Å². The summed E-state index contributed by atoms with van der Waals surface area (Å²) in [6, 6.07) is 22.9. The average molecular weight is 483 g/mol. The van der Waals surface area contributed by atoms with Crippen molar-refractivity contribution in [2.24, 2.45) is 0 Å². The molecule has 0 spiro atoms. The Morgan fingerprint density at radius 1 is 0.889 bits per heavy atom. The van der Waals surface area contributed by atoms with Gasteiger partial charge in [-0.3, -0.25) is 4.79 Å². The fourth-order valence-electron chi connectivity index (χ4n) is 3.73. The predicted molar refractivity (Wildman–Crippen MR) is 142 cm³/mol. The van der Waals surface area contributed by atoms with Crippen LogP contribution in [-0.4, -0.2) is 29.1 Å². The summed E-state index contributed by atoms with van der Waals surface area (Å²) in [7, 11) is 0. The Hall–Kier alpha value is -4.39. The van der Waals surface area contributed by atoms with Gasteiger partial charge in [-0.1, -0.05) is 35.9 Å². The summed E-state index contributed by atoms with van der Waals surface area (Å²) >= 11 is 0. The van der Waals surface area contributed by atoms with Crippen LogP contribution in [-0.2, 0) is 6.54 Å². The molecule has 7 heteroatoms. The number of carbonyl (C=O) groups is 1. The van der Waals surface area contributed by atoms with Crippen molar-refractivity contribution in [1.82, 2.24) is 15.3 Å². The lowest BCUT2D eigenvalue weighted by Gasteiger charge is -2.13. The lowest BCUT2D eigenvalue weighted by molar-refractivity contribution is 0.0951. The molecule has 0 radical (unpaired) electrons. The summed E-state index contributed by atoms with van der Waals surface area (Å²) in [4.78, 5) is 21.9. The van der Waals surface area contributed by atoms with E-state index in [2.05, 4.69) is 20.6 Å². The highest BCUT2D eigenvalue weighted by Gasteiger charge is 2.10. The molecule has 4 rings (SSSR count). The molecule has 0 aliphatic rings. The number of nitrogens with zero attached hydrogens (tertiary/aromatic N) is 2.